The van der Waals surface area contributed by atoms with Gasteiger partial charge < -0.3 is 10.2 Å². The van der Waals surface area contributed by atoms with Crippen molar-refractivity contribution in [1.82, 2.24) is 4.98 Å². The Hall–Kier alpha value is -2.03. The quantitative estimate of drug-likeness (QED) is 0.895. The first kappa shape index (κ1) is 13.0. The summed E-state index contributed by atoms with van der Waals surface area (Å²) in [7, 11) is 4.01. The molecule has 1 unspecified atom stereocenters. The van der Waals surface area contributed by atoms with Crippen molar-refractivity contribution in [3.05, 3.63) is 54.2 Å². The number of hydrogen-bond acceptors (Lipinski definition) is 3. The Labute approximate surface area is 120 Å². The van der Waals surface area contributed by atoms with E-state index in [1.165, 1.54) is 18.4 Å². The van der Waals surface area contributed by atoms with Gasteiger partial charge in [0.15, 0.2) is 0 Å². The molecule has 0 aliphatic heterocycles. The van der Waals surface area contributed by atoms with E-state index in [-0.39, 0.29) is 0 Å². The van der Waals surface area contributed by atoms with Crippen LogP contribution in [0.5, 0.6) is 0 Å². The first-order chi connectivity index (χ1) is 9.74. The van der Waals surface area contributed by atoms with Crippen LogP contribution in [-0.2, 0) is 0 Å². The third-order valence-electron chi connectivity index (χ3n) is 3.78. The van der Waals surface area contributed by atoms with E-state index in [1.807, 2.05) is 25.2 Å². The third-order valence-corrected chi connectivity index (χ3v) is 3.78. The van der Waals surface area contributed by atoms with Gasteiger partial charge in [-0.15, -0.1) is 0 Å². The molecule has 0 saturated heterocycles. The zero-order valence-corrected chi connectivity index (χ0v) is 12.1. The largest absolute Gasteiger partial charge is 0.377 e. The van der Waals surface area contributed by atoms with Crippen molar-refractivity contribution in [2.75, 3.05) is 24.3 Å². The summed E-state index contributed by atoms with van der Waals surface area (Å²) in [5.74, 6) is 1.74. The molecule has 1 aromatic heterocycles. The summed E-state index contributed by atoms with van der Waals surface area (Å²) in [5.41, 5.74) is 2.46. The smallest absolute Gasteiger partial charge is 0.128 e. The second kappa shape index (κ2) is 5.53. The molecule has 1 aliphatic rings. The first-order valence-electron chi connectivity index (χ1n) is 7.19. The first-order valence-corrected chi connectivity index (χ1v) is 7.19. The van der Waals surface area contributed by atoms with Crippen LogP contribution in [0.3, 0.4) is 0 Å². The molecule has 3 rings (SSSR count). The molecular weight excluding hydrogens is 246 g/mol. The number of nitrogens with one attached hydrogen (secondary N) is 1. The van der Waals surface area contributed by atoms with E-state index in [9.17, 15) is 0 Å². The fourth-order valence-corrected chi connectivity index (χ4v) is 2.48. The van der Waals surface area contributed by atoms with E-state index >= 15 is 0 Å². The van der Waals surface area contributed by atoms with E-state index in [2.05, 4.69) is 52.8 Å². The Morgan fingerprint density at radius 1 is 1.10 bits per heavy atom. The monoisotopic (exact) mass is 267 g/mol. The molecule has 1 aromatic carbocycles. The maximum Gasteiger partial charge on any atom is 0.128 e. The molecule has 1 aliphatic carbocycles. The van der Waals surface area contributed by atoms with Crippen molar-refractivity contribution in [3.8, 4) is 0 Å². The normalized spacial score (nSPS) is 15.7. The summed E-state index contributed by atoms with van der Waals surface area (Å²) >= 11 is 0. The van der Waals surface area contributed by atoms with Gasteiger partial charge in [-0.1, -0.05) is 30.3 Å². The van der Waals surface area contributed by atoms with Crippen molar-refractivity contribution >= 4 is 11.5 Å². The molecule has 1 atom stereocenters. The SMILES string of the molecule is CN(C)c1ccc(NC(c2ccccc2)C2CC2)cn1. The summed E-state index contributed by atoms with van der Waals surface area (Å²) in [6.07, 6.45) is 4.55. The summed E-state index contributed by atoms with van der Waals surface area (Å²) in [5, 5.41) is 3.64. The number of nitrogens with zero attached hydrogens (tertiary/aromatic N) is 2. The summed E-state index contributed by atoms with van der Waals surface area (Å²) < 4.78 is 0. The molecule has 3 nitrogen and oxygen atoms in total. The van der Waals surface area contributed by atoms with Gasteiger partial charge in [0, 0.05) is 14.1 Å². The zero-order chi connectivity index (χ0) is 13.9. The molecule has 2 aromatic rings. The van der Waals surface area contributed by atoms with Crippen LogP contribution < -0.4 is 10.2 Å². The second-order valence-electron chi connectivity index (χ2n) is 5.67. The topological polar surface area (TPSA) is 28.2 Å². The average molecular weight is 267 g/mol. The van der Waals surface area contributed by atoms with E-state index in [4.69, 9.17) is 0 Å². The number of rotatable bonds is 5. The molecule has 1 N–H and O–H groups in total. The highest BCUT2D eigenvalue weighted by Crippen LogP contribution is 2.42. The van der Waals surface area contributed by atoms with Gasteiger partial charge in [0.05, 0.1) is 17.9 Å². The molecule has 1 saturated carbocycles. The lowest BCUT2D eigenvalue weighted by Gasteiger charge is -2.20. The maximum atomic E-state index is 4.47. The fraction of sp³-hybridized carbons (Fsp3) is 0.353. The summed E-state index contributed by atoms with van der Waals surface area (Å²) in [4.78, 5) is 6.48. The van der Waals surface area contributed by atoms with Crippen LogP contribution in [0.15, 0.2) is 48.7 Å². The minimum Gasteiger partial charge on any atom is -0.377 e. The molecule has 104 valence electrons. The minimum absolute atomic E-state index is 0.406. The molecule has 0 radical (unpaired) electrons. The highest BCUT2D eigenvalue weighted by molar-refractivity contribution is 5.49. The van der Waals surface area contributed by atoms with Crippen molar-refractivity contribution in [1.29, 1.82) is 0 Å². The van der Waals surface area contributed by atoms with E-state index in [0.717, 1.165) is 17.4 Å². The Morgan fingerprint density at radius 2 is 1.85 bits per heavy atom. The number of anilines is 2. The molecular formula is C17H21N3. The number of aromatic nitrogens is 1. The lowest BCUT2D eigenvalue weighted by atomic mass is 10.0. The molecule has 0 amide bonds. The van der Waals surface area contributed by atoms with Crippen LogP contribution >= 0.6 is 0 Å². The van der Waals surface area contributed by atoms with Gasteiger partial charge in [-0.3, -0.25) is 0 Å². The van der Waals surface area contributed by atoms with Crippen molar-refractivity contribution in [2.45, 2.75) is 18.9 Å². The van der Waals surface area contributed by atoms with Gasteiger partial charge in [-0.25, -0.2) is 4.98 Å². The van der Waals surface area contributed by atoms with Gasteiger partial charge >= 0.3 is 0 Å². The predicted molar refractivity (Wildman–Crippen MR) is 84.1 cm³/mol. The van der Waals surface area contributed by atoms with Gasteiger partial charge in [-0.05, 0) is 36.5 Å². The highest BCUT2D eigenvalue weighted by atomic mass is 15.1. The van der Waals surface area contributed by atoms with Gasteiger partial charge in [-0.2, -0.15) is 0 Å². The van der Waals surface area contributed by atoms with Gasteiger partial charge in [0.2, 0.25) is 0 Å². The molecule has 1 heterocycles. The van der Waals surface area contributed by atoms with E-state index < -0.39 is 0 Å². The van der Waals surface area contributed by atoms with Gasteiger partial charge in [0.25, 0.3) is 0 Å². The van der Waals surface area contributed by atoms with E-state index in [0.29, 0.717) is 6.04 Å². The highest BCUT2D eigenvalue weighted by Gasteiger charge is 2.32. The van der Waals surface area contributed by atoms with Crippen LogP contribution in [0.25, 0.3) is 0 Å². The number of benzene rings is 1. The van der Waals surface area contributed by atoms with Crippen LogP contribution in [0.1, 0.15) is 24.4 Å². The van der Waals surface area contributed by atoms with Crippen molar-refractivity contribution in [3.63, 3.8) is 0 Å². The third kappa shape index (κ3) is 2.93. The van der Waals surface area contributed by atoms with Gasteiger partial charge in [0.1, 0.15) is 5.82 Å². The molecule has 20 heavy (non-hydrogen) atoms. The number of hydrogen-bond donors (Lipinski definition) is 1. The Bertz CT molecular complexity index is 544. The standard InChI is InChI=1S/C17H21N3/c1-20(2)16-11-10-15(12-18-16)19-17(14-8-9-14)13-6-4-3-5-7-13/h3-7,10-12,14,17,19H,8-9H2,1-2H3. The van der Waals surface area contributed by atoms with E-state index in [1.54, 1.807) is 0 Å². The maximum absolute atomic E-state index is 4.47. The molecule has 3 heteroatoms. The van der Waals surface area contributed by atoms with Crippen LogP contribution in [0, 0.1) is 5.92 Å². The summed E-state index contributed by atoms with van der Waals surface area (Å²) in [6.45, 7) is 0. The average Bonchev–Trinajstić information content (AvgIpc) is 3.31. The minimum atomic E-state index is 0.406. The number of pyridine rings is 1. The molecule has 0 bridgehead atoms. The Morgan fingerprint density at radius 3 is 2.40 bits per heavy atom. The van der Waals surface area contributed by atoms with Crippen LogP contribution in [-0.4, -0.2) is 19.1 Å². The van der Waals surface area contributed by atoms with Crippen molar-refractivity contribution in [2.24, 2.45) is 5.92 Å². The predicted octanol–water partition coefficient (Wildman–Crippen LogP) is 3.71. The second-order valence-corrected chi connectivity index (χ2v) is 5.67. The lowest BCUT2D eigenvalue weighted by Crippen LogP contribution is -2.14. The van der Waals surface area contributed by atoms with Crippen LogP contribution in [0.2, 0.25) is 0 Å². The van der Waals surface area contributed by atoms with Crippen molar-refractivity contribution < 1.29 is 0 Å². The summed E-state index contributed by atoms with van der Waals surface area (Å²) in [6, 6.07) is 15.3. The van der Waals surface area contributed by atoms with Crippen LogP contribution in [0.4, 0.5) is 11.5 Å². The molecule has 0 spiro atoms. The fourth-order valence-electron chi connectivity index (χ4n) is 2.48. The molecule has 1 fully saturated rings. The Balaban J connectivity index is 1.77. The lowest BCUT2D eigenvalue weighted by molar-refractivity contribution is 0.678. The Kier molecular flexibility index (Phi) is 3.59. The zero-order valence-electron chi connectivity index (χ0n) is 12.1.